The fraction of sp³-hybridized carbons (Fsp3) is 0.500. The number of hydrogen-bond acceptors (Lipinski definition) is 10. The molecule has 1 heterocycles. The highest BCUT2D eigenvalue weighted by Gasteiger charge is 2.36. The third-order valence-electron chi connectivity index (χ3n) is 5.79. The average molecular weight is 552 g/mol. The Hall–Kier alpha value is -2.44. The van der Waals surface area contributed by atoms with Crippen LogP contribution in [-0.4, -0.2) is 54.7 Å². The monoisotopic (exact) mass is 551 g/mol. The maximum atomic E-state index is 13.2. The maximum Gasteiger partial charge on any atom is 0.306 e. The Labute approximate surface area is 219 Å². The molecule has 1 aromatic carbocycles. The number of hydrogen-bond donors (Lipinski definition) is 1. The van der Waals surface area contributed by atoms with Crippen LogP contribution in [0.3, 0.4) is 0 Å². The highest BCUT2D eigenvalue weighted by atomic mass is 32.2. The lowest BCUT2D eigenvalue weighted by Gasteiger charge is -2.11. The van der Waals surface area contributed by atoms with Crippen molar-refractivity contribution in [3.8, 4) is 0 Å². The number of aromatic nitrogens is 1. The summed E-state index contributed by atoms with van der Waals surface area (Å²) in [6.45, 7) is 2.12. The van der Waals surface area contributed by atoms with Gasteiger partial charge in [0.2, 0.25) is 0 Å². The Balaban J connectivity index is 1.44. The molecule has 0 unspecified atom stereocenters. The zero-order valence-electron chi connectivity index (χ0n) is 20.0. The van der Waals surface area contributed by atoms with E-state index in [4.69, 9.17) is 9.57 Å². The van der Waals surface area contributed by atoms with Crippen molar-refractivity contribution >= 4 is 55.7 Å². The minimum atomic E-state index is -3.33. The molecule has 0 saturated heterocycles. The predicted octanol–water partition coefficient (Wildman–Crippen LogP) is 4.43. The van der Waals surface area contributed by atoms with Crippen molar-refractivity contribution in [3.05, 3.63) is 36.0 Å². The van der Waals surface area contributed by atoms with E-state index in [0.717, 1.165) is 29.9 Å². The number of carbonyl (C=O) groups excluding carboxylic acids is 2. The van der Waals surface area contributed by atoms with Gasteiger partial charge in [0, 0.05) is 11.3 Å². The number of ether oxygens (including phenoxy) is 1. The van der Waals surface area contributed by atoms with Gasteiger partial charge >= 0.3 is 5.97 Å². The Morgan fingerprint density at radius 2 is 1.89 bits per heavy atom. The number of anilines is 1. The molecule has 0 atom stereocenters. The zero-order valence-corrected chi connectivity index (χ0v) is 22.4. The molecule has 2 aliphatic carbocycles. The van der Waals surface area contributed by atoms with Crippen LogP contribution < -0.4 is 5.32 Å². The number of thioether (sulfide) groups is 1. The molecule has 0 bridgehead atoms. The van der Waals surface area contributed by atoms with Gasteiger partial charge in [-0.3, -0.25) is 14.9 Å². The maximum absolute atomic E-state index is 13.2. The summed E-state index contributed by atoms with van der Waals surface area (Å²) in [5.74, 6) is -0.197. The third-order valence-corrected chi connectivity index (χ3v) is 10.2. The first-order valence-corrected chi connectivity index (χ1v) is 15.4. The first kappa shape index (κ1) is 26.6. The predicted molar refractivity (Wildman–Crippen MR) is 139 cm³/mol. The summed E-state index contributed by atoms with van der Waals surface area (Å²) in [4.78, 5) is 34.8. The molecule has 194 valence electrons. The van der Waals surface area contributed by atoms with E-state index in [1.807, 2.05) is 0 Å². The molecular weight excluding hydrogens is 522 g/mol. The topological polar surface area (TPSA) is 124 Å². The van der Waals surface area contributed by atoms with Crippen LogP contribution >= 0.6 is 23.1 Å². The average Bonchev–Trinajstić information content (AvgIpc) is 3.44. The van der Waals surface area contributed by atoms with E-state index in [2.05, 4.69) is 15.5 Å². The molecule has 2 aliphatic rings. The van der Waals surface area contributed by atoms with Crippen molar-refractivity contribution in [2.75, 3.05) is 17.7 Å². The van der Waals surface area contributed by atoms with Gasteiger partial charge in [-0.15, -0.1) is 11.8 Å². The second kappa shape index (κ2) is 12.2. The summed E-state index contributed by atoms with van der Waals surface area (Å²) in [5.41, 5.74) is 0.518. The summed E-state index contributed by atoms with van der Waals surface area (Å²) in [6, 6.07) is 6.21. The minimum Gasteiger partial charge on any atom is -0.466 e. The van der Waals surface area contributed by atoms with Gasteiger partial charge in [-0.1, -0.05) is 28.6 Å². The van der Waals surface area contributed by atoms with Crippen molar-refractivity contribution in [1.82, 2.24) is 4.98 Å². The first-order valence-electron chi connectivity index (χ1n) is 12.0. The number of nitrogens with one attached hydrogen (secondary N) is 1. The zero-order chi connectivity index (χ0) is 25.5. The Morgan fingerprint density at radius 3 is 2.56 bits per heavy atom. The lowest BCUT2D eigenvalue weighted by atomic mass is 10.1. The standard InChI is InChI=1S/C24H29N3O6S3/c1-2-32-20(28)13-14-34-21-15-25-24(35-21)26-23(29)22(27-33-17-5-3-4-6-17)16-7-9-18(10-8-16)36(30,31)19-11-12-19/h7-10,15,17,19H,2-6,11-14H2,1H3,(H,25,26,29)/b27-22+. The van der Waals surface area contributed by atoms with Crippen LogP contribution in [0.1, 0.15) is 57.4 Å². The number of sulfone groups is 1. The smallest absolute Gasteiger partial charge is 0.306 e. The van der Waals surface area contributed by atoms with E-state index in [9.17, 15) is 18.0 Å². The van der Waals surface area contributed by atoms with Crippen LogP contribution in [0.2, 0.25) is 0 Å². The van der Waals surface area contributed by atoms with Crippen LogP contribution in [0.4, 0.5) is 5.13 Å². The second-order valence-corrected chi connectivity index (χ2v) is 13.2. The van der Waals surface area contributed by atoms with Crippen LogP contribution in [0, 0.1) is 0 Å². The highest BCUT2D eigenvalue weighted by molar-refractivity contribution is 8.01. The summed E-state index contributed by atoms with van der Waals surface area (Å²) in [7, 11) is -3.33. The van der Waals surface area contributed by atoms with Crippen molar-refractivity contribution in [2.45, 2.75) is 72.3 Å². The second-order valence-electron chi connectivity index (χ2n) is 8.56. The molecule has 2 aromatic rings. The Morgan fingerprint density at radius 1 is 1.17 bits per heavy atom. The Bertz CT molecular complexity index is 1200. The van der Waals surface area contributed by atoms with Crippen molar-refractivity contribution < 1.29 is 27.6 Å². The molecule has 12 heteroatoms. The molecule has 2 fully saturated rings. The summed E-state index contributed by atoms with van der Waals surface area (Å²) in [6.07, 6.45) is 7.16. The van der Waals surface area contributed by atoms with Crippen LogP contribution in [-0.2, 0) is 29.0 Å². The SMILES string of the molecule is CCOC(=O)CCSc1cnc(NC(=O)/C(=N/OC2CCCC2)c2ccc(S(=O)(=O)C3CC3)cc2)s1. The van der Waals surface area contributed by atoms with Gasteiger partial charge in [0.05, 0.1) is 33.6 Å². The number of carbonyl (C=O) groups is 2. The minimum absolute atomic E-state index is 0.0374. The van der Waals surface area contributed by atoms with E-state index in [-0.39, 0.29) is 27.9 Å². The normalized spacial score (nSPS) is 16.6. The van der Waals surface area contributed by atoms with E-state index >= 15 is 0 Å². The number of rotatable bonds is 12. The van der Waals surface area contributed by atoms with E-state index in [1.54, 1.807) is 25.3 Å². The van der Waals surface area contributed by atoms with Gasteiger partial charge in [-0.25, -0.2) is 13.4 Å². The molecule has 0 spiro atoms. The number of nitrogens with zero attached hydrogens (tertiary/aromatic N) is 2. The molecule has 4 rings (SSSR count). The lowest BCUT2D eigenvalue weighted by molar-refractivity contribution is -0.142. The number of amides is 1. The number of esters is 1. The molecule has 0 aliphatic heterocycles. The highest BCUT2D eigenvalue weighted by Crippen LogP contribution is 2.33. The fourth-order valence-electron chi connectivity index (χ4n) is 3.73. The summed E-state index contributed by atoms with van der Waals surface area (Å²) in [5, 5.41) is 7.03. The van der Waals surface area contributed by atoms with Gasteiger partial charge in [-0.2, -0.15) is 0 Å². The van der Waals surface area contributed by atoms with Crippen LogP contribution in [0.25, 0.3) is 0 Å². The number of thiazole rings is 1. The molecule has 9 nitrogen and oxygen atoms in total. The van der Waals surface area contributed by atoms with Crippen LogP contribution in [0.5, 0.6) is 0 Å². The van der Waals surface area contributed by atoms with Gasteiger partial charge in [0.15, 0.2) is 20.7 Å². The van der Waals surface area contributed by atoms with E-state index in [0.29, 0.717) is 42.3 Å². The fourth-order valence-corrected chi connectivity index (χ4v) is 7.25. The van der Waals surface area contributed by atoms with Gasteiger partial charge in [-0.05, 0) is 57.6 Å². The summed E-state index contributed by atoms with van der Waals surface area (Å²) >= 11 is 2.75. The third kappa shape index (κ3) is 7.07. The molecule has 1 aromatic heterocycles. The van der Waals surface area contributed by atoms with Crippen molar-refractivity contribution in [2.24, 2.45) is 5.16 Å². The number of oxime groups is 1. The molecule has 36 heavy (non-hydrogen) atoms. The van der Waals surface area contributed by atoms with Crippen molar-refractivity contribution in [3.63, 3.8) is 0 Å². The largest absolute Gasteiger partial charge is 0.466 e. The van der Waals surface area contributed by atoms with Gasteiger partial charge < -0.3 is 9.57 Å². The molecule has 1 N–H and O–H groups in total. The molecule has 0 radical (unpaired) electrons. The van der Waals surface area contributed by atoms with Gasteiger partial charge in [0.25, 0.3) is 5.91 Å². The van der Waals surface area contributed by atoms with Crippen LogP contribution in [0.15, 0.2) is 44.7 Å². The quantitative estimate of drug-likeness (QED) is 0.178. The summed E-state index contributed by atoms with van der Waals surface area (Å²) < 4.78 is 30.8. The van der Waals surface area contributed by atoms with Crippen molar-refractivity contribution in [1.29, 1.82) is 0 Å². The van der Waals surface area contributed by atoms with E-state index in [1.165, 1.54) is 35.2 Å². The van der Waals surface area contributed by atoms with Gasteiger partial charge in [0.1, 0.15) is 6.10 Å². The Kier molecular flexibility index (Phi) is 9.02. The lowest BCUT2D eigenvalue weighted by Crippen LogP contribution is -2.25. The molecule has 2 saturated carbocycles. The number of benzene rings is 1. The van der Waals surface area contributed by atoms with E-state index < -0.39 is 15.7 Å². The molecule has 1 amide bonds. The molecular formula is C24H29N3O6S3. The first-order chi connectivity index (χ1) is 17.4.